The normalized spacial score (nSPS) is 10.7. The van der Waals surface area contributed by atoms with Gasteiger partial charge in [0.15, 0.2) is 5.76 Å². The number of benzene rings is 3. The van der Waals surface area contributed by atoms with Crippen LogP contribution in [0.15, 0.2) is 81.7 Å². The second-order valence-electron chi connectivity index (χ2n) is 6.40. The molecule has 1 amide bonds. The topological polar surface area (TPSA) is 102 Å². The second-order valence-corrected chi connectivity index (χ2v) is 7.31. The second kappa shape index (κ2) is 7.92. The minimum atomic E-state index is -0.541. The molecule has 0 unspecified atom stereocenters. The van der Waals surface area contributed by atoms with Gasteiger partial charge in [-0.2, -0.15) is 0 Å². The number of rotatable bonds is 5. The molecule has 0 aliphatic heterocycles. The van der Waals surface area contributed by atoms with E-state index in [1.165, 1.54) is 24.3 Å². The quantitative estimate of drug-likeness (QED) is 0.235. The Morgan fingerprint density at radius 1 is 0.900 bits per heavy atom. The average Bonchev–Trinajstić information content (AvgIpc) is 3.12. The maximum Gasteiger partial charge on any atom is 0.269 e. The molecular formula is C22H13BrN2O5. The van der Waals surface area contributed by atoms with Crippen molar-refractivity contribution in [2.24, 2.45) is 0 Å². The molecule has 148 valence electrons. The van der Waals surface area contributed by atoms with Crippen LogP contribution in [-0.2, 0) is 0 Å². The van der Waals surface area contributed by atoms with Crippen LogP contribution in [0, 0.1) is 10.1 Å². The lowest BCUT2D eigenvalue weighted by Gasteiger charge is -2.06. The monoisotopic (exact) mass is 464 g/mol. The molecule has 0 radical (unpaired) electrons. The van der Waals surface area contributed by atoms with Crippen molar-refractivity contribution < 1.29 is 18.9 Å². The van der Waals surface area contributed by atoms with Gasteiger partial charge in [0.25, 0.3) is 11.6 Å². The highest BCUT2D eigenvalue weighted by atomic mass is 79.9. The van der Waals surface area contributed by atoms with Crippen molar-refractivity contribution in [2.75, 3.05) is 5.32 Å². The Labute approximate surface area is 178 Å². The van der Waals surface area contributed by atoms with Gasteiger partial charge in [0.2, 0.25) is 5.78 Å². The summed E-state index contributed by atoms with van der Waals surface area (Å²) in [5.74, 6) is -0.882. The lowest BCUT2D eigenvalue weighted by molar-refractivity contribution is -0.384. The molecule has 0 bridgehead atoms. The number of carbonyl (C=O) groups excluding carboxylic acids is 2. The molecule has 1 N–H and O–H groups in total. The molecule has 0 aliphatic rings. The Morgan fingerprint density at radius 3 is 2.20 bits per heavy atom. The number of ketones is 1. The van der Waals surface area contributed by atoms with Gasteiger partial charge in [0.1, 0.15) is 5.58 Å². The number of anilines is 1. The summed E-state index contributed by atoms with van der Waals surface area (Å²) in [6, 6.07) is 19.0. The largest absolute Gasteiger partial charge is 0.450 e. The molecule has 0 atom stereocenters. The summed E-state index contributed by atoms with van der Waals surface area (Å²) in [5, 5.41) is 14.1. The van der Waals surface area contributed by atoms with E-state index in [1.807, 2.05) is 0 Å². The first kappa shape index (κ1) is 19.5. The van der Waals surface area contributed by atoms with Crippen LogP contribution in [0.1, 0.15) is 26.5 Å². The summed E-state index contributed by atoms with van der Waals surface area (Å²) in [6.07, 6.45) is 0. The highest BCUT2D eigenvalue weighted by Crippen LogP contribution is 2.33. The molecule has 8 heteroatoms. The number of nitro benzene ring substituents is 1. The van der Waals surface area contributed by atoms with Crippen LogP contribution in [0.2, 0.25) is 0 Å². The van der Waals surface area contributed by atoms with Crippen molar-refractivity contribution in [1.29, 1.82) is 0 Å². The maximum absolute atomic E-state index is 13.1. The zero-order valence-electron chi connectivity index (χ0n) is 15.3. The van der Waals surface area contributed by atoms with Gasteiger partial charge >= 0.3 is 0 Å². The first-order chi connectivity index (χ1) is 14.4. The third-order valence-corrected chi connectivity index (χ3v) is 5.02. The molecule has 3 aromatic carbocycles. The zero-order chi connectivity index (χ0) is 21.3. The summed E-state index contributed by atoms with van der Waals surface area (Å²) in [4.78, 5) is 36.1. The zero-order valence-corrected chi connectivity index (χ0v) is 16.9. The Morgan fingerprint density at radius 2 is 1.53 bits per heavy atom. The highest BCUT2D eigenvalue weighted by molar-refractivity contribution is 9.10. The van der Waals surface area contributed by atoms with Crippen LogP contribution < -0.4 is 5.32 Å². The van der Waals surface area contributed by atoms with E-state index in [4.69, 9.17) is 4.42 Å². The molecular weight excluding hydrogens is 452 g/mol. The third kappa shape index (κ3) is 3.72. The van der Waals surface area contributed by atoms with Crippen LogP contribution in [0.4, 0.5) is 11.4 Å². The van der Waals surface area contributed by atoms with Gasteiger partial charge in [-0.25, -0.2) is 0 Å². The van der Waals surface area contributed by atoms with Gasteiger partial charge in [-0.15, -0.1) is 0 Å². The third-order valence-electron chi connectivity index (χ3n) is 4.49. The number of nitrogens with zero attached hydrogens (tertiary/aromatic N) is 1. The number of nitrogens with one attached hydrogen (secondary N) is 1. The van der Waals surface area contributed by atoms with E-state index in [-0.39, 0.29) is 28.5 Å². The number of furan rings is 1. The number of amides is 1. The van der Waals surface area contributed by atoms with E-state index in [9.17, 15) is 19.7 Å². The predicted molar refractivity (Wildman–Crippen MR) is 115 cm³/mol. The SMILES string of the molecule is O=C(Nc1c(C(=O)c2ccc(Br)cc2)oc2ccccc12)c1ccc([N+](=O)[O-])cc1. The fourth-order valence-electron chi connectivity index (χ4n) is 2.98. The number of non-ortho nitro benzene ring substituents is 1. The molecule has 30 heavy (non-hydrogen) atoms. The minimum Gasteiger partial charge on any atom is -0.450 e. The van der Waals surface area contributed by atoms with E-state index < -0.39 is 10.8 Å². The number of nitro groups is 1. The van der Waals surface area contributed by atoms with Crippen molar-refractivity contribution in [3.8, 4) is 0 Å². The first-order valence-corrected chi connectivity index (χ1v) is 9.61. The van der Waals surface area contributed by atoms with Gasteiger partial charge < -0.3 is 9.73 Å². The molecule has 4 rings (SSSR count). The molecule has 0 fully saturated rings. The van der Waals surface area contributed by atoms with E-state index in [2.05, 4.69) is 21.2 Å². The van der Waals surface area contributed by atoms with Gasteiger partial charge in [-0.05, 0) is 48.5 Å². The van der Waals surface area contributed by atoms with E-state index in [1.54, 1.807) is 48.5 Å². The van der Waals surface area contributed by atoms with Crippen molar-refractivity contribution in [1.82, 2.24) is 0 Å². The lowest BCUT2D eigenvalue weighted by atomic mass is 10.1. The van der Waals surface area contributed by atoms with Crippen molar-refractivity contribution in [3.05, 3.63) is 104 Å². The summed E-state index contributed by atoms with van der Waals surface area (Å²) in [7, 11) is 0. The number of para-hydroxylation sites is 1. The van der Waals surface area contributed by atoms with Gasteiger partial charge in [-0.3, -0.25) is 19.7 Å². The average molecular weight is 465 g/mol. The number of halogens is 1. The predicted octanol–water partition coefficient (Wildman–Crippen LogP) is 5.59. The smallest absolute Gasteiger partial charge is 0.269 e. The standard InChI is InChI=1S/C22H13BrN2O5/c23-15-9-5-13(6-10-15)20(26)21-19(17-3-1-2-4-18(17)30-21)24-22(27)14-7-11-16(12-8-14)25(28)29/h1-12H,(H,24,27). The fraction of sp³-hybridized carbons (Fsp3) is 0. The minimum absolute atomic E-state index is 0.00813. The lowest BCUT2D eigenvalue weighted by Crippen LogP contribution is -2.14. The van der Waals surface area contributed by atoms with Gasteiger partial charge in [0.05, 0.1) is 10.6 Å². The number of fused-ring (bicyclic) bond motifs is 1. The van der Waals surface area contributed by atoms with Crippen LogP contribution in [0.25, 0.3) is 11.0 Å². The summed E-state index contributed by atoms with van der Waals surface area (Å²) in [6.45, 7) is 0. The number of carbonyl (C=O) groups is 2. The summed E-state index contributed by atoms with van der Waals surface area (Å²) in [5.41, 5.74) is 1.21. The summed E-state index contributed by atoms with van der Waals surface area (Å²) >= 11 is 3.33. The Balaban J connectivity index is 1.73. The van der Waals surface area contributed by atoms with Crippen molar-refractivity contribution in [2.45, 2.75) is 0 Å². The fourth-order valence-corrected chi connectivity index (χ4v) is 3.25. The van der Waals surface area contributed by atoms with Crippen molar-refractivity contribution in [3.63, 3.8) is 0 Å². The van der Waals surface area contributed by atoms with Crippen LogP contribution >= 0.6 is 15.9 Å². The molecule has 0 aliphatic carbocycles. The number of hydrogen-bond donors (Lipinski definition) is 1. The molecule has 7 nitrogen and oxygen atoms in total. The Bertz CT molecular complexity index is 1280. The molecule has 4 aromatic rings. The molecule has 0 saturated carbocycles. The Kier molecular flexibility index (Phi) is 5.16. The van der Waals surface area contributed by atoms with Crippen LogP contribution in [0.3, 0.4) is 0 Å². The van der Waals surface area contributed by atoms with E-state index in [0.717, 1.165) is 4.47 Å². The molecule has 0 saturated heterocycles. The van der Waals surface area contributed by atoms with Crippen LogP contribution in [0.5, 0.6) is 0 Å². The molecule has 1 aromatic heterocycles. The van der Waals surface area contributed by atoms with Crippen molar-refractivity contribution >= 4 is 50.0 Å². The molecule has 0 spiro atoms. The van der Waals surface area contributed by atoms with E-state index >= 15 is 0 Å². The Hall–Kier alpha value is -3.78. The highest BCUT2D eigenvalue weighted by Gasteiger charge is 2.24. The number of hydrogen-bond acceptors (Lipinski definition) is 5. The molecule has 1 heterocycles. The first-order valence-electron chi connectivity index (χ1n) is 8.81. The maximum atomic E-state index is 13.1. The van der Waals surface area contributed by atoms with Gasteiger partial charge in [-0.1, -0.05) is 28.1 Å². The van der Waals surface area contributed by atoms with Crippen LogP contribution in [-0.4, -0.2) is 16.6 Å². The van der Waals surface area contributed by atoms with E-state index in [0.29, 0.717) is 16.5 Å². The summed E-state index contributed by atoms with van der Waals surface area (Å²) < 4.78 is 6.60. The van der Waals surface area contributed by atoms with Gasteiger partial charge in [0, 0.05) is 33.1 Å².